The first-order valence-electron chi connectivity index (χ1n) is 7.42. The van der Waals surface area contributed by atoms with Gasteiger partial charge in [0, 0.05) is 17.1 Å². The molecule has 0 aliphatic carbocycles. The SMILES string of the molecule is N#CCc1ccc(NC(=O)CCCOc2ccc(Cl)cc2Cl)cc1. The van der Waals surface area contributed by atoms with E-state index >= 15 is 0 Å². The second kappa shape index (κ2) is 9.17. The van der Waals surface area contributed by atoms with Crippen LogP contribution in [0.3, 0.4) is 0 Å². The molecule has 0 aliphatic rings. The standard InChI is InChI=1S/C18H16Cl2N2O2/c19-14-5-8-17(16(20)12-14)24-11-1-2-18(23)22-15-6-3-13(4-7-15)9-10-21/h3-8,12H,1-2,9,11H2,(H,22,23). The average Bonchev–Trinajstić information content (AvgIpc) is 2.55. The molecule has 0 fully saturated rings. The van der Waals surface area contributed by atoms with Gasteiger partial charge in [-0.05, 0) is 42.3 Å². The van der Waals surface area contributed by atoms with Crippen LogP contribution in [0, 0.1) is 11.3 Å². The molecule has 6 heteroatoms. The molecule has 1 amide bonds. The first kappa shape index (κ1) is 18.1. The second-order valence-corrected chi connectivity index (χ2v) is 5.95. The van der Waals surface area contributed by atoms with Gasteiger partial charge in [-0.2, -0.15) is 5.26 Å². The van der Waals surface area contributed by atoms with Crippen molar-refractivity contribution in [2.45, 2.75) is 19.3 Å². The first-order valence-corrected chi connectivity index (χ1v) is 8.17. The third-order valence-corrected chi connectivity index (χ3v) is 3.75. The number of nitrogens with zero attached hydrogens (tertiary/aromatic N) is 1. The maximum atomic E-state index is 11.9. The van der Waals surface area contributed by atoms with Crippen molar-refractivity contribution >= 4 is 34.8 Å². The van der Waals surface area contributed by atoms with Gasteiger partial charge in [0.25, 0.3) is 0 Å². The number of hydrogen-bond acceptors (Lipinski definition) is 3. The third kappa shape index (κ3) is 5.77. The quantitative estimate of drug-likeness (QED) is 0.715. The lowest BCUT2D eigenvalue weighted by Gasteiger charge is -2.09. The predicted molar refractivity (Wildman–Crippen MR) is 95.6 cm³/mol. The van der Waals surface area contributed by atoms with Gasteiger partial charge in [0.2, 0.25) is 5.91 Å². The monoisotopic (exact) mass is 362 g/mol. The van der Waals surface area contributed by atoms with E-state index in [0.717, 1.165) is 5.56 Å². The molecule has 2 aromatic rings. The normalized spacial score (nSPS) is 10.0. The highest BCUT2D eigenvalue weighted by Crippen LogP contribution is 2.27. The zero-order chi connectivity index (χ0) is 17.4. The van der Waals surface area contributed by atoms with Crippen LogP contribution >= 0.6 is 23.2 Å². The Balaban J connectivity index is 1.72. The van der Waals surface area contributed by atoms with Crippen LogP contribution in [-0.4, -0.2) is 12.5 Å². The van der Waals surface area contributed by atoms with Crippen molar-refractivity contribution in [1.29, 1.82) is 5.26 Å². The van der Waals surface area contributed by atoms with E-state index in [1.807, 2.05) is 12.1 Å². The smallest absolute Gasteiger partial charge is 0.224 e. The van der Waals surface area contributed by atoms with Crippen molar-refractivity contribution in [2.24, 2.45) is 0 Å². The fourth-order valence-electron chi connectivity index (χ4n) is 2.03. The molecule has 0 aliphatic heterocycles. The number of carbonyl (C=O) groups is 1. The van der Waals surface area contributed by atoms with Crippen molar-refractivity contribution in [3.8, 4) is 11.8 Å². The van der Waals surface area contributed by atoms with Crippen molar-refractivity contribution in [2.75, 3.05) is 11.9 Å². The Bertz CT molecular complexity index is 740. The van der Waals surface area contributed by atoms with E-state index in [2.05, 4.69) is 11.4 Å². The van der Waals surface area contributed by atoms with Gasteiger partial charge in [-0.1, -0.05) is 35.3 Å². The average molecular weight is 363 g/mol. The highest BCUT2D eigenvalue weighted by Gasteiger charge is 2.05. The van der Waals surface area contributed by atoms with Crippen molar-refractivity contribution in [3.63, 3.8) is 0 Å². The van der Waals surface area contributed by atoms with Crippen LogP contribution < -0.4 is 10.1 Å². The summed E-state index contributed by atoms with van der Waals surface area (Å²) in [7, 11) is 0. The van der Waals surface area contributed by atoms with Gasteiger partial charge < -0.3 is 10.1 Å². The summed E-state index contributed by atoms with van der Waals surface area (Å²) >= 11 is 11.8. The third-order valence-electron chi connectivity index (χ3n) is 3.22. The molecule has 0 saturated carbocycles. The summed E-state index contributed by atoms with van der Waals surface area (Å²) in [5, 5.41) is 12.4. The zero-order valence-electron chi connectivity index (χ0n) is 12.9. The van der Waals surface area contributed by atoms with E-state index < -0.39 is 0 Å². The molecule has 0 heterocycles. The Labute approximate surface area is 151 Å². The minimum absolute atomic E-state index is 0.0890. The zero-order valence-corrected chi connectivity index (χ0v) is 14.4. The molecule has 24 heavy (non-hydrogen) atoms. The molecule has 0 unspecified atom stereocenters. The predicted octanol–water partition coefficient (Wildman–Crippen LogP) is 4.86. The van der Waals surface area contributed by atoms with Gasteiger partial charge in [0.05, 0.1) is 24.1 Å². The van der Waals surface area contributed by atoms with Gasteiger partial charge in [-0.25, -0.2) is 0 Å². The van der Waals surface area contributed by atoms with Crippen molar-refractivity contribution in [3.05, 3.63) is 58.1 Å². The number of amides is 1. The molecular formula is C18H16Cl2N2O2. The van der Waals surface area contributed by atoms with Crippen molar-refractivity contribution in [1.82, 2.24) is 0 Å². The lowest BCUT2D eigenvalue weighted by Crippen LogP contribution is -2.12. The summed E-state index contributed by atoms with van der Waals surface area (Å²) in [6.07, 6.45) is 1.27. The number of carbonyl (C=O) groups excluding carboxylic acids is 1. The molecule has 2 aromatic carbocycles. The van der Waals surface area contributed by atoms with Crippen molar-refractivity contribution < 1.29 is 9.53 Å². The van der Waals surface area contributed by atoms with Gasteiger partial charge in [0.1, 0.15) is 5.75 Å². The highest BCUT2D eigenvalue weighted by molar-refractivity contribution is 6.35. The molecule has 124 valence electrons. The molecule has 0 radical (unpaired) electrons. The van der Waals surface area contributed by atoms with E-state index in [-0.39, 0.29) is 5.91 Å². The largest absolute Gasteiger partial charge is 0.492 e. The van der Waals surface area contributed by atoms with E-state index in [1.54, 1.807) is 30.3 Å². The van der Waals surface area contributed by atoms with Crippen LogP contribution in [0.15, 0.2) is 42.5 Å². The van der Waals surface area contributed by atoms with E-state index in [4.69, 9.17) is 33.2 Å². The van der Waals surface area contributed by atoms with Crippen LogP contribution in [0.4, 0.5) is 5.69 Å². The summed E-state index contributed by atoms with van der Waals surface area (Å²) in [4.78, 5) is 11.9. The highest BCUT2D eigenvalue weighted by atomic mass is 35.5. The Morgan fingerprint density at radius 2 is 1.92 bits per heavy atom. The summed E-state index contributed by atoms with van der Waals surface area (Å²) in [5.74, 6) is 0.461. The maximum Gasteiger partial charge on any atom is 0.224 e. The summed E-state index contributed by atoms with van der Waals surface area (Å²) in [6, 6.07) is 14.3. The number of hydrogen-bond donors (Lipinski definition) is 1. The van der Waals surface area contributed by atoms with E-state index in [1.165, 1.54) is 0 Å². The number of nitriles is 1. The minimum atomic E-state index is -0.0890. The van der Waals surface area contributed by atoms with Crippen LogP contribution in [0.25, 0.3) is 0 Å². The van der Waals surface area contributed by atoms with Gasteiger partial charge in [-0.15, -0.1) is 0 Å². The van der Waals surface area contributed by atoms with Crippen LogP contribution in [-0.2, 0) is 11.2 Å². The van der Waals surface area contributed by atoms with Crippen LogP contribution in [0.2, 0.25) is 10.0 Å². The molecule has 4 nitrogen and oxygen atoms in total. The topological polar surface area (TPSA) is 62.1 Å². The lowest BCUT2D eigenvalue weighted by atomic mass is 10.1. The number of rotatable bonds is 7. The second-order valence-electron chi connectivity index (χ2n) is 5.11. The Kier molecular flexibility index (Phi) is 6.92. The number of benzene rings is 2. The molecular weight excluding hydrogens is 347 g/mol. The molecule has 2 rings (SSSR count). The molecule has 0 spiro atoms. The summed E-state index contributed by atoms with van der Waals surface area (Å²) in [5.41, 5.74) is 1.63. The number of nitrogens with one attached hydrogen (secondary N) is 1. The first-order chi connectivity index (χ1) is 11.6. The molecule has 0 bridgehead atoms. The maximum absolute atomic E-state index is 11.9. The van der Waals surface area contributed by atoms with Gasteiger partial charge in [-0.3, -0.25) is 4.79 Å². The molecule has 0 atom stereocenters. The molecule has 1 N–H and O–H groups in total. The number of ether oxygens (including phenoxy) is 1. The minimum Gasteiger partial charge on any atom is -0.492 e. The van der Waals surface area contributed by atoms with Gasteiger partial charge in [0.15, 0.2) is 0 Å². The lowest BCUT2D eigenvalue weighted by molar-refractivity contribution is -0.116. The van der Waals surface area contributed by atoms with Gasteiger partial charge >= 0.3 is 0 Å². The Morgan fingerprint density at radius 3 is 2.58 bits per heavy atom. The van der Waals surface area contributed by atoms with Crippen LogP contribution in [0.1, 0.15) is 18.4 Å². The fraction of sp³-hybridized carbons (Fsp3) is 0.222. The summed E-state index contributed by atoms with van der Waals surface area (Å²) < 4.78 is 5.53. The Morgan fingerprint density at radius 1 is 1.17 bits per heavy atom. The van der Waals surface area contributed by atoms with E-state index in [9.17, 15) is 4.79 Å². The molecule has 0 saturated heterocycles. The molecule has 0 aromatic heterocycles. The number of halogens is 2. The fourth-order valence-corrected chi connectivity index (χ4v) is 2.49. The van der Waals surface area contributed by atoms with Crippen LogP contribution in [0.5, 0.6) is 5.75 Å². The summed E-state index contributed by atoms with van der Waals surface area (Å²) in [6.45, 7) is 0.385. The van der Waals surface area contributed by atoms with E-state index in [0.29, 0.717) is 47.4 Å². The Hall–Kier alpha value is -2.22. The number of anilines is 1.